The monoisotopic (exact) mass is 431 g/mol. The number of amides is 1. The number of benzene rings is 1. The number of halogens is 3. The molecule has 1 aliphatic rings. The Morgan fingerprint density at radius 1 is 1.19 bits per heavy atom. The van der Waals surface area contributed by atoms with E-state index in [4.69, 9.17) is 0 Å². The van der Waals surface area contributed by atoms with Gasteiger partial charge in [-0.05, 0) is 50.8 Å². The molecule has 1 aromatic carbocycles. The first-order valence-corrected chi connectivity index (χ1v) is 10.4. The molecule has 9 heteroatoms. The lowest BCUT2D eigenvalue weighted by atomic mass is 9.90. The molecule has 1 saturated carbocycles. The maximum absolute atomic E-state index is 13.3. The zero-order valence-electron chi connectivity index (χ0n) is 17.1. The zero-order valence-corrected chi connectivity index (χ0v) is 17.1. The van der Waals surface area contributed by atoms with Gasteiger partial charge in [-0.2, -0.15) is 18.3 Å². The highest BCUT2D eigenvalue weighted by Gasteiger charge is 2.34. The van der Waals surface area contributed by atoms with E-state index in [1.54, 1.807) is 41.2 Å². The normalized spacial score (nSPS) is 19.4. The lowest BCUT2D eigenvalue weighted by Gasteiger charge is -2.31. The molecule has 0 aliphatic heterocycles. The van der Waals surface area contributed by atoms with E-state index in [1.807, 2.05) is 6.92 Å². The number of fused-ring (bicyclic) bond motifs is 1. The minimum Gasteiger partial charge on any atom is -0.382 e. The molecule has 0 radical (unpaired) electrons. The number of nitrogens with one attached hydrogen (secondary N) is 2. The first-order chi connectivity index (χ1) is 14.8. The number of aryl methyl sites for hydroxylation is 1. The molecule has 2 atom stereocenters. The molecule has 2 aromatic heterocycles. The Morgan fingerprint density at radius 2 is 1.97 bits per heavy atom. The zero-order chi connectivity index (χ0) is 22.0. The molecule has 0 saturated heterocycles. The van der Waals surface area contributed by atoms with Crippen molar-refractivity contribution in [2.24, 2.45) is 0 Å². The predicted octanol–water partition coefficient (Wildman–Crippen LogP) is 4.62. The molecule has 1 amide bonds. The molecule has 1 aliphatic carbocycles. The summed E-state index contributed by atoms with van der Waals surface area (Å²) in [4.78, 5) is 16.4. The maximum atomic E-state index is 13.3. The van der Waals surface area contributed by atoms with Crippen LogP contribution in [0.4, 0.5) is 18.9 Å². The molecule has 164 valence electrons. The van der Waals surface area contributed by atoms with Crippen LogP contribution < -0.4 is 10.6 Å². The highest BCUT2D eigenvalue weighted by Crippen LogP contribution is 2.34. The van der Waals surface area contributed by atoms with Gasteiger partial charge in [0.2, 0.25) is 0 Å². The number of rotatable bonds is 5. The van der Waals surface area contributed by atoms with E-state index >= 15 is 0 Å². The van der Waals surface area contributed by atoms with Gasteiger partial charge < -0.3 is 10.6 Å². The molecular formula is C22H24F3N5O. The van der Waals surface area contributed by atoms with E-state index in [1.165, 1.54) is 0 Å². The molecule has 6 nitrogen and oxygen atoms in total. The molecule has 0 spiro atoms. The third kappa shape index (κ3) is 4.65. The van der Waals surface area contributed by atoms with E-state index in [-0.39, 0.29) is 18.0 Å². The first-order valence-electron chi connectivity index (χ1n) is 10.4. The minimum atomic E-state index is -4.52. The number of pyridine rings is 1. The van der Waals surface area contributed by atoms with Crippen LogP contribution in [-0.2, 0) is 12.7 Å². The molecule has 0 bridgehead atoms. The fourth-order valence-corrected chi connectivity index (χ4v) is 4.15. The summed E-state index contributed by atoms with van der Waals surface area (Å²) in [7, 11) is 0. The van der Waals surface area contributed by atoms with E-state index in [0.717, 1.165) is 25.3 Å². The molecule has 1 fully saturated rings. The summed E-state index contributed by atoms with van der Waals surface area (Å²) >= 11 is 0. The average Bonchev–Trinajstić information content (AvgIpc) is 3.22. The van der Waals surface area contributed by atoms with Gasteiger partial charge in [-0.1, -0.05) is 18.2 Å². The fraction of sp³-hybridized carbons (Fsp3) is 0.409. The van der Waals surface area contributed by atoms with Crippen LogP contribution in [0, 0.1) is 0 Å². The Labute approximate surface area is 177 Å². The Bertz CT molecular complexity index is 1080. The molecular weight excluding hydrogens is 407 g/mol. The fourth-order valence-electron chi connectivity index (χ4n) is 4.15. The Balaban J connectivity index is 1.51. The van der Waals surface area contributed by atoms with Gasteiger partial charge in [-0.25, -0.2) is 4.98 Å². The number of alkyl halides is 3. The second-order valence-corrected chi connectivity index (χ2v) is 7.78. The van der Waals surface area contributed by atoms with Crippen LogP contribution in [0.2, 0.25) is 0 Å². The van der Waals surface area contributed by atoms with Gasteiger partial charge in [-0.15, -0.1) is 0 Å². The summed E-state index contributed by atoms with van der Waals surface area (Å²) in [6.45, 7) is 2.51. The Morgan fingerprint density at radius 3 is 2.74 bits per heavy atom. The minimum absolute atomic E-state index is 0.0537. The van der Waals surface area contributed by atoms with Gasteiger partial charge in [0.25, 0.3) is 5.91 Å². The molecule has 0 unspecified atom stereocenters. The molecule has 4 rings (SSSR count). The van der Waals surface area contributed by atoms with Gasteiger partial charge in [0, 0.05) is 35.9 Å². The van der Waals surface area contributed by atoms with Gasteiger partial charge in [-0.3, -0.25) is 9.48 Å². The number of carbonyl (C=O) groups is 1. The lowest BCUT2D eigenvalue weighted by molar-refractivity contribution is -0.140. The summed E-state index contributed by atoms with van der Waals surface area (Å²) in [6, 6.07) is 9.44. The summed E-state index contributed by atoms with van der Waals surface area (Å²) in [5.41, 5.74) is 0.307. The van der Waals surface area contributed by atoms with Crippen LogP contribution in [-0.4, -0.2) is 32.8 Å². The molecule has 3 aromatic rings. The molecule has 2 heterocycles. The Kier molecular flexibility index (Phi) is 5.84. The standard InChI is InChI=1S/C22H24F3N5O/c1-2-30-19(10-11-26-30)21(31)28-15-7-5-6-14(12-15)27-18-13-20(22(23,24)25)29-17-9-4-3-8-16(17)18/h3-4,8-11,13-15H,2,5-7,12H2,1H3,(H,27,29)(H,28,31)/t14-,15+/m0/s1. The number of aromatic nitrogens is 3. The van der Waals surface area contributed by atoms with Crippen molar-refractivity contribution in [2.75, 3.05) is 5.32 Å². The number of nitrogens with zero attached hydrogens (tertiary/aromatic N) is 3. The smallest absolute Gasteiger partial charge is 0.382 e. The summed E-state index contributed by atoms with van der Waals surface area (Å²) < 4.78 is 41.6. The number of anilines is 1. The van der Waals surface area contributed by atoms with Crippen LogP contribution in [0.25, 0.3) is 10.9 Å². The van der Waals surface area contributed by atoms with Crippen molar-refractivity contribution in [3.05, 3.63) is 54.0 Å². The van der Waals surface area contributed by atoms with Crippen LogP contribution in [0.5, 0.6) is 0 Å². The lowest BCUT2D eigenvalue weighted by Crippen LogP contribution is -2.42. The van der Waals surface area contributed by atoms with Crippen LogP contribution in [0.1, 0.15) is 48.8 Å². The van der Waals surface area contributed by atoms with Gasteiger partial charge in [0.05, 0.1) is 5.52 Å². The molecule has 2 N–H and O–H groups in total. The van der Waals surface area contributed by atoms with Gasteiger partial charge in [0.1, 0.15) is 11.4 Å². The van der Waals surface area contributed by atoms with Gasteiger partial charge >= 0.3 is 6.18 Å². The van der Waals surface area contributed by atoms with Crippen molar-refractivity contribution in [1.82, 2.24) is 20.1 Å². The largest absolute Gasteiger partial charge is 0.433 e. The number of hydrogen-bond donors (Lipinski definition) is 2. The number of hydrogen-bond acceptors (Lipinski definition) is 4. The topological polar surface area (TPSA) is 71.8 Å². The highest BCUT2D eigenvalue weighted by atomic mass is 19.4. The van der Waals surface area contributed by atoms with Crippen molar-refractivity contribution in [3.63, 3.8) is 0 Å². The van der Waals surface area contributed by atoms with Crippen molar-refractivity contribution < 1.29 is 18.0 Å². The molecule has 31 heavy (non-hydrogen) atoms. The van der Waals surface area contributed by atoms with E-state index in [9.17, 15) is 18.0 Å². The SMILES string of the molecule is CCn1nccc1C(=O)N[C@@H]1CCC[C@H](Nc2cc(C(F)(F)F)nc3ccccc23)C1. The van der Waals surface area contributed by atoms with E-state index in [0.29, 0.717) is 35.2 Å². The van der Waals surface area contributed by atoms with Crippen molar-refractivity contribution in [2.45, 2.75) is 57.4 Å². The summed E-state index contributed by atoms with van der Waals surface area (Å²) in [5, 5.41) is 11.1. The van der Waals surface area contributed by atoms with Crippen molar-refractivity contribution in [1.29, 1.82) is 0 Å². The number of para-hydroxylation sites is 1. The maximum Gasteiger partial charge on any atom is 0.433 e. The van der Waals surface area contributed by atoms with Crippen molar-refractivity contribution in [3.8, 4) is 0 Å². The predicted molar refractivity (Wildman–Crippen MR) is 112 cm³/mol. The van der Waals surface area contributed by atoms with Crippen LogP contribution >= 0.6 is 0 Å². The summed E-state index contributed by atoms with van der Waals surface area (Å²) in [5.74, 6) is -0.182. The van der Waals surface area contributed by atoms with Crippen molar-refractivity contribution >= 4 is 22.5 Å². The van der Waals surface area contributed by atoms with Crippen LogP contribution in [0.3, 0.4) is 0 Å². The van der Waals surface area contributed by atoms with E-state index in [2.05, 4.69) is 20.7 Å². The highest BCUT2D eigenvalue weighted by molar-refractivity contribution is 5.93. The van der Waals surface area contributed by atoms with Gasteiger partial charge in [0.15, 0.2) is 0 Å². The first kappa shape index (κ1) is 21.1. The third-order valence-electron chi connectivity index (χ3n) is 5.62. The van der Waals surface area contributed by atoms with Crippen LogP contribution in [0.15, 0.2) is 42.6 Å². The third-order valence-corrected chi connectivity index (χ3v) is 5.62. The number of carbonyl (C=O) groups excluding carboxylic acids is 1. The second-order valence-electron chi connectivity index (χ2n) is 7.78. The van der Waals surface area contributed by atoms with E-state index < -0.39 is 11.9 Å². The quantitative estimate of drug-likeness (QED) is 0.618. The second kappa shape index (κ2) is 8.56. The Hall–Kier alpha value is -3.10. The summed E-state index contributed by atoms with van der Waals surface area (Å²) in [6.07, 6.45) is 0.212. The average molecular weight is 431 g/mol.